The highest BCUT2D eigenvalue weighted by molar-refractivity contribution is 5.72. The van der Waals surface area contributed by atoms with Gasteiger partial charge in [0, 0.05) is 6.42 Å². The normalized spacial score (nSPS) is 12.1. The van der Waals surface area contributed by atoms with Crippen LogP contribution in [0.5, 0.6) is 5.75 Å². The van der Waals surface area contributed by atoms with E-state index in [1.807, 2.05) is 18.2 Å². The molecule has 1 unspecified atom stereocenters. The Hall–Kier alpha value is -1.35. The van der Waals surface area contributed by atoms with Crippen LogP contribution in [0.15, 0.2) is 24.3 Å². The largest absolute Gasteiger partial charge is 0.426 e. The van der Waals surface area contributed by atoms with Crippen LogP contribution in [0.2, 0.25) is 0 Å². The van der Waals surface area contributed by atoms with E-state index < -0.39 is 0 Å². The molecule has 3 heteroatoms. The van der Waals surface area contributed by atoms with Gasteiger partial charge >= 0.3 is 5.97 Å². The molecule has 0 saturated carbocycles. The van der Waals surface area contributed by atoms with E-state index in [-0.39, 0.29) is 12.1 Å². The van der Waals surface area contributed by atoms with Gasteiger partial charge in [-0.3, -0.25) is 4.79 Å². The van der Waals surface area contributed by atoms with Crippen molar-refractivity contribution in [3.63, 3.8) is 0 Å². The minimum absolute atomic E-state index is 0.105. The fraction of sp³-hybridized carbons (Fsp3) is 0.788. The Kier molecular flexibility index (Phi) is 21.8. The molecule has 1 rings (SSSR count). The lowest BCUT2D eigenvalue weighted by molar-refractivity contribution is -0.134. The third-order valence-corrected chi connectivity index (χ3v) is 7.31. The number of rotatable bonds is 25. The monoisotopic (exact) mass is 502 g/mol. The zero-order valence-electron chi connectivity index (χ0n) is 23.9. The highest BCUT2D eigenvalue weighted by Crippen LogP contribution is 2.22. The van der Waals surface area contributed by atoms with Gasteiger partial charge in [-0.2, -0.15) is 0 Å². The first kappa shape index (κ1) is 32.7. The first-order valence-corrected chi connectivity index (χ1v) is 15.6. The van der Waals surface area contributed by atoms with Crippen molar-refractivity contribution in [2.24, 2.45) is 0 Å². The fourth-order valence-electron chi connectivity index (χ4n) is 4.92. The zero-order valence-corrected chi connectivity index (χ0v) is 23.9. The van der Waals surface area contributed by atoms with E-state index in [4.69, 9.17) is 4.74 Å². The number of benzene rings is 1. The van der Waals surface area contributed by atoms with E-state index >= 15 is 0 Å². The summed E-state index contributed by atoms with van der Waals surface area (Å²) in [6.07, 6.45) is 26.7. The lowest BCUT2D eigenvalue weighted by Crippen LogP contribution is -2.09. The van der Waals surface area contributed by atoms with Crippen LogP contribution in [0.25, 0.3) is 0 Å². The molecule has 1 aromatic rings. The van der Waals surface area contributed by atoms with Gasteiger partial charge < -0.3 is 9.84 Å². The molecule has 36 heavy (non-hydrogen) atoms. The average molecular weight is 503 g/mol. The second-order valence-corrected chi connectivity index (χ2v) is 10.8. The van der Waals surface area contributed by atoms with Crippen LogP contribution in [0, 0.1) is 0 Å². The summed E-state index contributed by atoms with van der Waals surface area (Å²) >= 11 is 0. The van der Waals surface area contributed by atoms with Crippen LogP contribution in [-0.2, 0) is 11.2 Å². The van der Waals surface area contributed by atoms with Crippen LogP contribution in [0.1, 0.15) is 161 Å². The van der Waals surface area contributed by atoms with Crippen LogP contribution in [-0.4, -0.2) is 17.2 Å². The van der Waals surface area contributed by atoms with Gasteiger partial charge in [0.1, 0.15) is 5.75 Å². The number of aryl methyl sites for hydroxylation is 1. The van der Waals surface area contributed by atoms with E-state index in [9.17, 15) is 9.90 Å². The Balaban J connectivity index is 2.04. The van der Waals surface area contributed by atoms with Crippen molar-refractivity contribution >= 4 is 5.97 Å². The van der Waals surface area contributed by atoms with Crippen molar-refractivity contribution in [1.29, 1.82) is 0 Å². The molecule has 0 saturated heterocycles. The number of aliphatic hydroxyl groups is 1. The Morgan fingerprint density at radius 2 is 1.14 bits per heavy atom. The number of ether oxygens (including phenoxy) is 1. The standard InChI is InChI=1S/C33H58O3/c1-3-5-7-9-11-14-18-24-30-25-22-23-28-32(30)36-33(35)29-21-17-13-16-20-27-31(34)26-19-15-12-10-8-6-4-2/h22-23,25,28,31,34H,3-21,24,26-27,29H2,1-2H3. The minimum atomic E-state index is -0.128. The molecule has 0 heterocycles. The summed E-state index contributed by atoms with van der Waals surface area (Å²) in [5.41, 5.74) is 1.16. The van der Waals surface area contributed by atoms with Crippen LogP contribution < -0.4 is 4.74 Å². The molecular formula is C33H58O3. The lowest BCUT2D eigenvalue weighted by Gasteiger charge is -2.11. The van der Waals surface area contributed by atoms with Gasteiger partial charge in [0.05, 0.1) is 6.10 Å². The van der Waals surface area contributed by atoms with Gasteiger partial charge in [-0.15, -0.1) is 0 Å². The molecule has 208 valence electrons. The van der Waals surface area contributed by atoms with Gasteiger partial charge in [-0.1, -0.05) is 141 Å². The molecule has 1 N–H and O–H groups in total. The summed E-state index contributed by atoms with van der Waals surface area (Å²) in [5, 5.41) is 10.2. The van der Waals surface area contributed by atoms with Crippen LogP contribution >= 0.6 is 0 Å². The van der Waals surface area contributed by atoms with Gasteiger partial charge in [-0.05, 0) is 43.7 Å². The number of hydrogen-bond donors (Lipinski definition) is 1. The van der Waals surface area contributed by atoms with Crippen molar-refractivity contribution < 1.29 is 14.6 Å². The van der Waals surface area contributed by atoms with Crippen molar-refractivity contribution in [2.45, 2.75) is 168 Å². The molecule has 1 atom stereocenters. The first-order valence-electron chi connectivity index (χ1n) is 15.6. The summed E-state index contributed by atoms with van der Waals surface area (Å²) < 4.78 is 5.72. The number of carbonyl (C=O) groups is 1. The summed E-state index contributed by atoms with van der Waals surface area (Å²) in [6.45, 7) is 4.51. The third kappa shape index (κ3) is 18.9. The predicted molar refractivity (Wildman–Crippen MR) is 155 cm³/mol. The van der Waals surface area contributed by atoms with Crippen molar-refractivity contribution in [1.82, 2.24) is 0 Å². The van der Waals surface area contributed by atoms with Crippen molar-refractivity contribution in [2.75, 3.05) is 0 Å². The second-order valence-electron chi connectivity index (χ2n) is 10.8. The lowest BCUT2D eigenvalue weighted by atomic mass is 10.0. The Bertz CT molecular complexity index is 627. The molecule has 0 amide bonds. The first-order chi connectivity index (χ1) is 17.7. The van der Waals surface area contributed by atoms with Crippen molar-refractivity contribution in [3.8, 4) is 5.75 Å². The summed E-state index contributed by atoms with van der Waals surface area (Å²) in [6, 6.07) is 8.03. The molecule has 0 radical (unpaired) electrons. The summed E-state index contributed by atoms with van der Waals surface area (Å²) in [5.74, 6) is 0.649. The summed E-state index contributed by atoms with van der Waals surface area (Å²) in [7, 11) is 0. The van der Waals surface area contributed by atoms with E-state index in [1.165, 1.54) is 77.0 Å². The number of hydrogen-bond acceptors (Lipinski definition) is 3. The maximum Gasteiger partial charge on any atom is 0.311 e. The molecule has 0 spiro atoms. The maximum atomic E-state index is 12.4. The number of carbonyl (C=O) groups excluding carboxylic acids is 1. The minimum Gasteiger partial charge on any atom is -0.426 e. The van der Waals surface area contributed by atoms with Gasteiger partial charge in [0.25, 0.3) is 0 Å². The fourth-order valence-corrected chi connectivity index (χ4v) is 4.92. The molecule has 0 bridgehead atoms. The number of esters is 1. The molecule has 0 aliphatic carbocycles. The average Bonchev–Trinajstić information content (AvgIpc) is 2.88. The Morgan fingerprint density at radius 3 is 1.72 bits per heavy atom. The van der Waals surface area contributed by atoms with E-state index in [1.54, 1.807) is 0 Å². The molecule has 0 fully saturated rings. The number of para-hydroxylation sites is 1. The molecule has 0 aliphatic heterocycles. The molecule has 3 nitrogen and oxygen atoms in total. The van der Waals surface area contributed by atoms with E-state index in [0.717, 1.165) is 75.5 Å². The van der Waals surface area contributed by atoms with Gasteiger partial charge in [-0.25, -0.2) is 0 Å². The van der Waals surface area contributed by atoms with Gasteiger partial charge in [0.2, 0.25) is 0 Å². The molecule has 0 aromatic heterocycles. The second kappa shape index (κ2) is 24.0. The number of unbranched alkanes of at least 4 members (excludes halogenated alkanes) is 16. The van der Waals surface area contributed by atoms with Crippen LogP contribution in [0.4, 0.5) is 0 Å². The molecular weight excluding hydrogens is 444 g/mol. The van der Waals surface area contributed by atoms with E-state index in [0.29, 0.717) is 6.42 Å². The Morgan fingerprint density at radius 1 is 0.667 bits per heavy atom. The molecule has 1 aromatic carbocycles. The topological polar surface area (TPSA) is 46.5 Å². The number of aliphatic hydroxyl groups excluding tert-OH is 1. The predicted octanol–water partition coefficient (Wildman–Crippen LogP) is 10.1. The highest BCUT2D eigenvalue weighted by Gasteiger charge is 2.09. The zero-order chi connectivity index (χ0) is 26.1. The highest BCUT2D eigenvalue weighted by atomic mass is 16.5. The van der Waals surface area contributed by atoms with Crippen molar-refractivity contribution in [3.05, 3.63) is 29.8 Å². The van der Waals surface area contributed by atoms with Gasteiger partial charge in [0.15, 0.2) is 0 Å². The molecule has 0 aliphatic rings. The summed E-state index contributed by atoms with van der Waals surface area (Å²) in [4.78, 5) is 12.4. The SMILES string of the molecule is CCCCCCCCCc1ccccc1OC(=O)CCCCCCCC(O)CCCCCCCCC. The smallest absolute Gasteiger partial charge is 0.311 e. The van der Waals surface area contributed by atoms with E-state index in [2.05, 4.69) is 19.9 Å². The third-order valence-electron chi connectivity index (χ3n) is 7.31. The van der Waals surface area contributed by atoms with Crippen LogP contribution in [0.3, 0.4) is 0 Å². The maximum absolute atomic E-state index is 12.4. The Labute approximate surface area is 223 Å². The quantitative estimate of drug-likeness (QED) is 0.0821.